The maximum atomic E-state index is 13.7. The predicted molar refractivity (Wildman–Crippen MR) is 380 cm³/mol. The molecule has 0 spiro atoms. The van der Waals surface area contributed by atoms with E-state index in [9.17, 15) is 28.8 Å². The van der Waals surface area contributed by atoms with Crippen LogP contribution in [0.4, 0.5) is 14.4 Å². The minimum atomic E-state index is -1.06. The number of carbonyl (C=O) groups is 6. The van der Waals surface area contributed by atoms with Crippen LogP contribution in [0.25, 0.3) is 66.8 Å². The van der Waals surface area contributed by atoms with E-state index in [0.717, 1.165) is 163 Å². The zero-order valence-corrected chi connectivity index (χ0v) is 58.7. The Labute approximate surface area is 582 Å². The first-order valence-corrected chi connectivity index (χ1v) is 35.6. The summed E-state index contributed by atoms with van der Waals surface area (Å²) in [5.41, 5.74) is 18.0. The molecule has 4 aromatic carbocycles. The number of carbonyl (C=O) groups excluding carboxylic acids is 5. The van der Waals surface area contributed by atoms with Gasteiger partial charge in [0.2, 0.25) is 11.8 Å². The van der Waals surface area contributed by atoms with Crippen molar-refractivity contribution in [3.63, 3.8) is 0 Å². The van der Waals surface area contributed by atoms with Crippen LogP contribution in [-0.2, 0) is 54.3 Å². The fraction of sp³-hybridized carbons (Fsp3) is 0.493. The highest BCUT2D eigenvalue weighted by Gasteiger charge is 2.40. The van der Waals surface area contributed by atoms with Gasteiger partial charge in [-0.05, 0) is 178 Å². The number of fused-ring (bicyclic) bond motifs is 8. The van der Waals surface area contributed by atoms with Crippen LogP contribution in [-0.4, -0.2) is 156 Å². The fourth-order valence-corrected chi connectivity index (χ4v) is 15.0. The molecule has 10 N–H and O–H groups in total. The van der Waals surface area contributed by atoms with Crippen LogP contribution in [0.2, 0.25) is 0 Å². The zero-order chi connectivity index (χ0) is 70.5. The number of hydrogen-bond donors (Lipinski definition) is 10. The number of ether oxygens (including phenoxy) is 3. The quantitative estimate of drug-likeness (QED) is 0.0426. The first kappa shape index (κ1) is 70.3. The third-order valence-corrected chi connectivity index (χ3v) is 20.4. The number of nitrogens with one attached hydrogen (secondary N) is 9. The van der Waals surface area contributed by atoms with Gasteiger partial charge in [0.05, 0.1) is 79.0 Å². The Hall–Kier alpha value is -9.62. The second-order valence-electron chi connectivity index (χ2n) is 28.1. The molecule has 25 nitrogen and oxygen atoms in total. The van der Waals surface area contributed by atoms with E-state index < -0.39 is 42.4 Å². The second kappa shape index (κ2) is 30.9. The van der Waals surface area contributed by atoms with Crippen LogP contribution in [0.1, 0.15) is 176 Å². The van der Waals surface area contributed by atoms with E-state index in [-0.39, 0.29) is 41.7 Å². The van der Waals surface area contributed by atoms with E-state index in [4.69, 9.17) is 34.5 Å². The Kier molecular flexibility index (Phi) is 21.7. The van der Waals surface area contributed by atoms with Gasteiger partial charge in [-0.1, -0.05) is 90.1 Å². The number of aromatic nitrogens is 8. The Morgan fingerprint density at radius 1 is 0.460 bits per heavy atom. The Morgan fingerprint density at radius 2 is 0.850 bits per heavy atom. The van der Waals surface area contributed by atoms with E-state index in [1.807, 2.05) is 43.6 Å². The van der Waals surface area contributed by atoms with Crippen molar-refractivity contribution >= 4 is 58.1 Å². The maximum Gasteiger partial charge on any atom is 0.407 e. The number of aliphatic carboxylic acids is 1. The van der Waals surface area contributed by atoms with Gasteiger partial charge in [0.25, 0.3) is 0 Å². The van der Waals surface area contributed by atoms with E-state index in [2.05, 4.69) is 118 Å². The van der Waals surface area contributed by atoms with Crippen molar-refractivity contribution in [3.05, 3.63) is 119 Å². The summed E-state index contributed by atoms with van der Waals surface area (Å²) in [4.78, 5) is 111. The highest BCUT2D eigenvalue weighted by atomic mass is 16.5. The molecule has 4 aromatic heterocycles. The number of benzene rings is 4. The molecule has 0 saturated carbocycles. The normalized spacial score (nSPS) is 19.4. The number of imidazole rings is 4. The average Bonchev–Trinajstić information content (AvgIpc) is 1.60. The first-order valence-electron chi connectivity index (χ1n) is 35.6. The molecule has 4 aliphatic heterocycles. The summed E-state index contributed by atoms with van der Waals surface area (Å²) in [5, 5.41) is 23.4. The Morgan fingerprint density at radius 3 is 1.28 bits per heavy atom. The van der Waals surface area contributed by atoms with Crippen molar-refractivity contribution < 1.29 is 48.1 Å². The number of nitrogens with zero attached hydrogens (tertiary/aromatic N) is 6. The van der Waals surface area contributed by atoms with Crippen molar-refractivity contribution in [3.8, 4) is 44.8 Å². The molecule has 5 amide bonds. The molecule has 2 aliphatic carbocycles. The summed E-state index contributed by atoms with van der Waals surface area (Å²) in [6.07, 6.45) is 12.1. The largest absolute Gasteiger partial charge is 0.480 e. The molecular formula is C75H95N15O10. The molecule has 8 aromatic rings. The minimum Gasteiger partial charge on any atom is -0.480 e. The molecule has 0 radical (unpaired) electrons. The van der Waals surface area contributed by atoms with Gasteiger partial charge in [-0.3, -0.25) is 9.59 Å². The molecule has 14 rings (SSSR count). The number of amides is 5. The van der Waals surface area contributed by atoms with Gasteiger partial charge in [0.15, 0.2) is 0 Å². The number of methoxy groups -OCH3 is 3. The lowest BCUT2D eigenvalue weighted by Gasteiger charge is -2.30. The topological polar surface area (TPSA) is 332 Å². The Bertz CT molecular complexity index is 4290. The van der Waals surface area contributed by atoms with Gasteiger partial charge in [-0.15, -0.1) is 0 Å². The molecule has 530 valence electrons. The number of aromatic amines is 4. The Balaban J connectivity index is 0.000000176. The van der Waals surface area contributed by atoms with Crippen molar-refractivity contribution in [2.75, 3.05) is 47.5 Å². The number of likely N-dealkylation sites (tertiary alicyclic amines) is 2. The van der Waals surface area contributed by atoms with Crippen molar-refractivity contribution in [2.45, 2.75) is 174 Å². The molecule has 0 unspecified atom stereocenters. The third-order valence-electron chi connectivity index (χ3n) is 20.4. The maximum absolute atomic E-state index is 13.7. The van der Waals surface area contributed by atoms with Gasteiger partial charge in [0, 0.05) is 35.6 Å². The SMILES string of the molecule is COC(=O)N[C@H](C(=O)N1CCC[C@H]1c1nc2c([nH]1)CCCc1cc(-c3ccc4nc([C@@H]5CCCN5C(=O)[C@@H](NC(=O)OC)C(C)C)[nH]c4c3)ccc1-2)C(C)C.COC(=O)N[C@H](C(=O)O)C(C)C.c1cc2c(cc1-c1ccc3nc([C@@H]4CCCN4)[nH]c3c1)CCCc1[nH]c([C@@H]3CCCN3)nc1-2. The molecule has 8 heterocycles. The molecule has 6 aliphatic rings. The number of aryl methyl sites for hydroxylation is 4. The van der Waals surface area contributed by atoms with Crippen LogP contribution < -0.4 is 26.6 Å². The fourth-order valence-electron chi connectivity index (χ4n) is 15.0. The summed E-state index contributed by atoms with van der Waals surface area (Å²) >= 11 is 0. The highest BCUT2D eigenvalue weighted by molar-refractivity contribution is 5.89. The van der Waals surface area contributed by atoms with E-state index >= 15 is 0 Å². The lowest BCUT2D eigenvalue weighted by molar-refractivity contribution is -0.140. The van der Waals surface area contributed by atoms with Crippen molar-refractivity contribution in [2.24, 2.45) is 17.8 Å². The molecule has 100 heavy (non-hydrogen) atoms. The number of hydrogen-bond acceptors (Lipinski definition) is 15. The molecular weight excluding hydrogens is 1270 g/mol. The van der Waals surface area contributed by atoms with Crippen molar-refractivity contribution in [1.82, 2.24) is 76.3 Å². The summed E-state index contributed by atoms with van der Waals surface area (Å²) in [5.74, 6) is 2.02. The summed E-state index contributed by atoms with van der Waals surface area (Å²) in [7, 11) is 3.78. The number of alkyl carbamates (subject to hydrolysis) is 3. The number of carboxylic acids is 1. The molecule has 0 bridgehead atoms. The van der Waals surface area contributed by atoms with Gasteiger partial charge in [-0.2, -0.15) is 0 Å². The molecule has 25 heteroatoms. The monoisotopic (exact) mass is 1370 g/mol. The van der Waals surface area contributed by atoms with E-state index in [1.54, 1.807) is 13.8 Å². The minimum absolute atomic E-state index is 0.104. The van der Waals surface area contributed by atoms with Gasteiger partial charge < -0.3 is 75.6 Å². The van der Waals surface area contributed by atoms with Gasteiger partial charge >= 0.3 is 24.2 Å². The molecule has 4 saturated heterocycles. The standard InChI is InChI=1S/C41H52N8O6.C27H30N6.C7H13NO4/c1-22(2)33(46-40(52)54-5)38(50)48-18-8-12-31(48)36-42-28-17-15-25(21-30(28)44-36)24-14-16-27-26(20-24)10-7-11-29-35(27)45-37(43-29)32-13-9-19-49(32)39(51)34(23(3)4)47-41(53)55-6;1-4-18-14-16(17-9-11-20-24(15-17)32-26(30-20)22-6-2-12-28-22)8-10-19(18)25-21(5-1)31-27(33-25)23-7-3-13-29-23;1-4(2)5(6(9)10)8-7(11)12-3/h14-17,20-23,31-34H,7-13,18-19H2,1-6H3,(H,42,44)(H,43,45)(H,46,52)(H,47,53);8-11,14-15,22-23,28-29H,1-7,12-13H2,(H,30,32)(H,31,33);4-5H,1-3H3,(H,8,11)(H,9,10)/t31-,32-,33-,34-;22-,23-;5-/m000/s1. The smallest absolute Gasteiger partial charge is 0.407 e. The van der Waals surface area contributed by atoms with E-state index in [1.165, 1.54) is 74.1 Å². The van der Waals surface area contributed by atoms with Crippen LogP contribution in [0.15, 0.2) is 72.8 Å². The van der Waals surface area contributed by atoms with Gasteiger partial charge in [-0.25, -0.2) is 39.1 Å². The first-order chi connectivity index (χ1) is 48.3. The number of rotatable bonds is 15. The van der Waals surface area contributed by atoms with Crippen LogP contribution in [0.3, 0.4) is 0 Å². The second-order valence-corrected chi connectivity index (χ2v) is 28.1. The van der Waals surface area contributed by atoms with Crippen molar-refractivity contribution in [1.29, 1.82) is 0 Å². The summed E-state index contributed by atoms with van der Waals surface area (Å²) in [6.45, 7) is 14.4. The lowest BCUT2D eigenvalue weighted by Crippen LogP contribution is -2.51. The van der Waals surface area contributed by atoms with Crippen LogP contribution in [0.5, 0.6) is 0 Å². The summed E-state index contributed by atoms with van der Waals surface area (Å²) in [6, 6.07) is 24.4. The number of carboxylic acid groups (broad SMARTS) is 1. The average molecular weight is 1370 g/mol. The van der Waals surface area contributed by atoms with E-state index in [0.29, 0.717) is 25.2 Å². The zero-order valence-electron chi connectivity index (χ0n) is 58.7. The van der Waals surface area contributed by atoms with Crippen LogP contribution >= 0.6 is 0 Å². The lowest BCUT2D eigenvalue weighted by atomic mass is 9.96. The van der Waals surface area contributed by atoms with Crippen LogP contribution in [0, 0.1) is 17.8 Å². The summed E-state index contributed by atoms with van der Waals surface area (Å²) < 4.78 is 13.8. The highest BCUT2D eigenvalue weighted by Crippen LogP contribution is 2.41. The number of H-pyrrole nitrogens is 4. The van der Waals surface area contributed by atoms with Gasteiger partial charge in [0.1, 0.15) is 41.4 Å². The third kappa shape index (κ3) is 15.2. The molecule has 4 fully saturated rings. The predicted octanol–water partition coefficient (Wildman–Crippen LogP) is 11.6. The molecule has 7 atom stereocenters.